The average Bonchev–Trinajstić information content (AvgIpc) is 2.70. The number of carbonyl (C=O) groups excluding carboxylic acids is 1. The van der Waals surface area contributed by atoms with Crippen molar-refractivity contribution in [2.75, 3.05) is 11.1 Å². The summed E-state index contributed by atoms with van der Waals surface area (Å²) in [6.07, 6.45) is 0. The molecule has 0 aliphatic heterocycles. The Hall–Kier alpha value is -1.72. The van der Waals surface area contributed by atoms with Gasteiger partial charge in [-0.2, -0.15) is 0 Å². The molecule has 0 aliphatic rings. The second kappa shape index (κ2) is 5.29. The monoisotopic (exact) mass is 281 g/mol. The molecule has 0 radical (unpaired) electrons. The van der Waals surface area contributed by atoms with E-state index in [0.29, 0.717) is 22.1 Å². The number of carbonyl (C=O) groups is 1. The highest BCUT2D eigenvalue weighted by molar-refractivity contribution is 7.18. The van der Waals surface area contributed by atoms with Gasteiger partial charge in [0.15, 0.2) is 0 Å². The van der Waals surface area contributed by atoms with Gasteiger partial charge in [-0.3, -0.25) is 4.79 Å². The molecule has 0 saturated heterocycles. The van der Waals surface area contributed by atoms with Crippen molar-refractivity contribution >= 4 is 39.5 Å². The van der Waals surface area contributed by atoms with E-state index in [1.807, 2.05) is 24.3 Å². The summed E-state index contributed by atoms with van der Waals surface area (Å²) < 4.78 is 0. The summed E-state index contributed by atoms with van der Waals surface area (Å²) in [5, 5.41) is 4.66. The molecule has 2 rings (SSSR count). The molecule has 1 amide bonds. The largest absolute Gasteiger partial charge is 0.397 e. The van der Waals surface area contributed by atoms with Crippen molar-refractivity contribution in [2.45, 2.75) is 6.54 Å². The number of hydrogen-bond acceptors (Lipinski definition) is 4. The van der Waals surface area contributed by atoms with E-state index in [9.17, 15) is 4.79 Å². The van der Waals surface area contributed by atoms with Crippen LogP contribution in [-0.2, 0) is 6.54 Å². The first kappa shape index (κ1) is 12.7. The van der Waals surface area contributed by atoms with Crippen molar-refractivity contribution < 1.29 is 4.79 Å². The quantitative estimate of drug-likeness (QED) is 0.806. The number of amides is 1. The summed E-state index contributed by atoms with van der Waals surface area (Å²) in [5.41, 5.74) is 12.3. The predicted molar refractivity (Wildman–Crippen MR) is 76.0 cm³/mol. The van der Waals surface area contributed by atoms with Crippen LogP contribution in [0.1, 0.15) is 15.2 Å². The maximum absolute atomic E-state index is 11.1. The van der Waals surface area contributed by atoms with E-state index in [2.05, 4.69) is 5.32 Å². The molecule has 94 valence electrons. The SMILES string of the molecule is NC(=O)c1sc(NCc2ccccc2Cl)cc1N. The summed E-state index contributed by atoms with van der Waals surface area (Å²) in [7, 11) is 0. The molecule has 0 atom stereocenters. The molecule has 6 heteroatoms. The molecule has 0 aliphatic carbocycles. The predicted octanol–water partition coefficient (Wildman–Crippen LogP) is 2.69. The molecule has 0 bridgehead atoms. The first-order valence-electron chi connectivity index (χ1n) is 5.24. The van der Waals surface area contributed by atoms with E-state index in [-0.39, 0.29) is 0 Å². The zero-order valence-electron chi connectivity index (χ0n) is 9.44. The van der Waals surface area contributed by atoms with Gasteiger partial charge in [0, 0.05) is 11.6 Å². The van der Waals surface area contributed by atoms with Crippen molar-refractivity contribution in [1.29, 1.82) is 0 Å². The average molecular weight is 282 g/mol. The molecule has 1 heterocycles. The van der Waals surface area contributed by atoms with Crippen molar-refractivity contribution in [3.8, 4) is 0 Å². The number of primary amides is 1. The number of nitrogens with one attached hydrogen (secondary N) is 1. The van der Waals surface area contributed by atoms with E-state index < -0.39 is 5.91 Å². The number of anilines is 2. The normalized spacial score (nSPS) is 10.3. The van der Waals surface area contributed by atoms with Gasteiger partial charge in [0.1, 0.15) is 4.88 Å². The van der Waals surface area contributed by atoms with Gasteiger partial charge in [-0.25, -0.2) is 0 Å². The van der Waals surface area contributed by atoms with E-state index in [0.717, 1.165) is 10.6 Å². The van der Waals surface area contributed by atoms with Crippen molar-refractivity contribution in [3.63, 3.8) is 0 Å². The van der Waals surface area contributed by atoms with Crippen LogP contribution in [0, 0.1) is 0 Å². The molecule has 2 aromatic rings. The standard InChI is InChI=1S/C12H12ClN3OS/c13-8-4-2-1-3-7(8)6-16-10-5-9(14)11(18-10)12(15)17/h1-5,16H,6,14H2,(H2,15,17). The lowest BCUT2D eigenvalue weighted by Gasteiger charge is -2.05. The minimum Gasteiger partial charge on any atom is -0.397 e. The molecule has 4 nitrogen and oxygen atoms in total. The number of hydrogen-bond donors (Lipinski definition) is 3. The first-order chi connectivity index (χ1) is 8.58. The molecular formula is C12H12ClN3OS. The highest BCUT2D eigenvalue weighted by atomic mass is 35.5. The second-order valence-electron chi connectivity index (χ2n) is 3.70. The molecule has 18 heavy (non-hydrogen) atoms. The summed E-state index contributed by atoms with van der Waals surface area (Å²) >= 11 is 7.28. The smallest absolute Gasteiger partial charge is 0.260 e. The molecule has 1 aromatic heterocycles. The Balaban J connectivity index is 2.09. The number of halogens is 1. The van der Waals surface area contributed by atoms with Crippen LogP contribution >= 0.6 is 22.9 Å². The summed E-state index contributed by atoms with van der Waals surface area (Å²) in [6, 6.07) is 9.25. The fourth-order valence-corrected chi connectivity index (χ4v) is 2.54. The van der Waals surface area contributed by atoms with E-state index in [1.165, 1.54) is 11.3 Å². The zero-order chi connectivity index (χ0) is 13.1. The Morgan fingerprint density at radius 2 is 2.11 bits per heavy atom. The Kier molecular flexibility index (Phi) is 3.74. The summed E-state index contributed by atoms with van der Waals surface area (Å²) in [6.45, 7) is 0.567. The Labute approximate surface area is 114 Å². The first-order valence-corrected chi connectivity index (χ1v) is 6.43. The third kappa shape index (κ3) is 2.75. The molecule has 0 saturated carbocycles. The van der Waals surface area contributed by atoms with E-state index >= 15 is 0 Å². The van der Waals surface area contributed by atoms with Crippen LogP contribution in [0.5, 0.6) is 0 Å². The molecule has 0 fully saturated rings. The second-order valence-corrected chi connectivity index (χ2v) is 5.16. The number of thiophene rings is 1. The van der Waals surface area contributed by atoms with Crippen molar-refractivity contribution in [3.05, 3.63) is 45.8 Å². The van der Waals surface area contributed by atoms with Gasteiger partial charge < -0.3 is 16.8 Å². The third-order valence-corrected chi connectivity index (χ3v) is 3.89. The van der Waals surface area contributed by atoms with Gasteiger partial charge >= 0.3 is 0 Å². The van der Waals surface area contributed by atoms with Crippen LogP contribution in [0.4, 0.5) is 10.7 Å². The lowest BCUT2D eigenvalue weighted by molar-refractivity contribution is 0.100. The maximum atomic E-state index is 11.1. The topological polar surface area (TPSA) is 81.1 Å². The maximum Gasteiger partial charge on any atom is 0.260 e. The zero-order valence-corrected chi connectivity index (χ0v) is 11.0. The highest BCUT2D eigenvalue weighted by Gasteiger charge is 2.11. The van der Waals surface area contributed by atoms with Gasteiger partial charge in [-0.1, -0.05) is 29.8 Å². The number of nitrogen functional groups attached to an aromatic ring is 1. The minimum atomic E-state index is -0.511. The lowest BCUT2D eigenvalue weighted by atomic mass is 10.2. The fourth-order valence-electron chi connectivity index (χ4n) is 1.51. The van der Waals surface area contributed by atoms with Crippen molar-refractivity contribution in [2.24, 2.45) is 5.73 Å². The van der Waals surface area contributed by atoms with E-state index in [1.54, 1.807) is 6.07 Å². The Morgan fingerprint density at radius 3 is 2.72 bits per heavy atom. The van der Waals surface area contributed by atoms with Crippen LogP contribution in [0.25, 0.3) is 0 Å². The van der Waals surface area contributed by atoms with E-state index in [4.69, 9.17) is 23.1 Å². The highest BCUT2D eigenvalue weighted by Crippen LogP contribution is 2.29. The van der Waals surface area contributed by atoms with Crippen LogP contribution in [0.15, 0.2) is 30.3 Å². The third-order valence-electron chi connectivity index (χ3n) is 2.40. The van der Waals surface area contributed by atoms with Crippen LogP contribution in [-0.4, -0.2) is 5.91 Å². The van der Waals surface area contributed by atoms with Gasteiger partial charge in [-0.05, 0) is 17.7 Å². The fraction of sp³-hybridized carbons (Fsp3) is 0.0833. The Bertz CT molecular complexity index is 582. The summed E-state index contributed by atoms with van der Waals surface area (Å²) in [5.74, 6) is -0.511. The molecule has 0 unspecified atom stereocenters. The number of nitrogens with two attached hydrogens (primary N) is 2. The van der Waals surface area contributed by atoms with Crippen LogP contribution < -0.4 is 16.8 Å². The Morgan fingerprint density at radius 1 is 1.39 bits per heavy atom. The van der Waals surface area contributed by atoms with Gasteiger partial charge in [0.25, 0.3) is 5.91 Å². The summed E-state index contributed by atoms with van der Waals surface area (Å²) in [4.78, 5) is 11.4. The van der Waals surface area contributed by atoms with Gasteiger partial charge in [0.2, 0.25) is 0 Å². The van der Waals surface area contributed by atoms with Crippen LogP contribution in [0.3, 0.4) is 0 Å². The van der Waals surface area contributed by atoms with Gasteiger partial charge in [-0.15, -0.1) is 11.3 Å². The number of benzene rings is 1. The lowest BCUT2D eigenvalue weighted by Crippen LogP contribution is -2.10. The minimum absolute atomic E-state index is 0.372. The van der Waals surface area contributed by atoms with Crippen LogP contribution in [0.2, 0.25) is 5.02 Å². The molecule has 0 spiro atoms. The van der Waals surface area contributed by atoms with Gasteiger partial charge in [0.05, 0.1) is 10.7 Å². The molecule has 1 aromatic carbocycles. The van der Waals surface area contributed by atoms with Crippen molar-refractivity contribution in [1.82, 2.24) is 0 Å². The molecular weight excluding hydrogens is 270 g/mol. The molecule has 5 N–H and O–H groups in total. The number of rotatable bonds is 4.